The number of fused-ring (bicyclic) bond motifs is 2. The lowest BCUT2D eigenvalue weighted by molar-refractivity contribution is -0.137. The van der Waals surface area contributed by atoms with Crippen LogP contribution in [0.4, 0.5) is 10.1 Å². The Morgan fingerprint density at radius 3 is 2.68 bits per heavy atom. The number of carbonyl (C=O) groups is 2. The fraction of sp³-hybridized carbons (Fsp3) is 0.531. The van der Waals surface area contributed by atoms with Gasteiger partial charge in [0.15, 0.2) is 0 Å². The van der Waals surface area contributed by atoms with Crippen molar-refractivity contribution in [2.45, 2.75) is 76.2 Å². The second kappa shape index (κ2) is 13.5. The molecule has 44 heavy (non-hydrogen) atoms. The number of anilines is 1. The fourth-order valence-corrected chi connectivity index (χ4v) is 8.69. The Kier molecular flexibility index (Phi) is 9.91. The van der Waals surface area contributed by atoms with Crippen molar-refractivity contribution in [2.75, 3.05) is 31.6 Å². The summed E-state index contributed by atoms with van der Waals surface area (Å²) < 4.78 is 45.1. The van der Waals surface area contributed by atoms with Crippen LogP contribution in [0.2, 0.25) is 0 Å². The number of carboxylic acids is 1. The highest BCUT2D eigenvalue weighted by Crippen LogP contribution is 2.38. The van der Waals surface area contributed by atoms with Gasteiger partial charge in [-0.3, -0.25) is 14.0 Å². The average Bonchev–Trinajstić information content (AvgIpc) is 3.38. The molecule has 238 valence electrons. The standard InChI is InChI=1S/C32H41FN4O5S2/c1-32(2)19-23-16-22(6-5-9-29(38)39)17-27(30(23)34-20-32)44(41,42)36-25(18-28-35-24-7-3-4-8-26(24)43-28)31(40)37-14-11-21(10-13-33)12-15-37/h3-4,7-8,16-17,21,25,34,36H,5-6,9-15,18-20H2,1-2H3,(H,38,39)/t25-/m0/s1. The van der Waals surface area contributed by atoms with Crippen molar-refractivity contribution in [3.05, 3.63) is 52.5 Å². The molecular formula is C32H41FN4O5S2. The van der Waals surface area contributed by atoms with Gasteiger partial charge in [-0.2, -0.15) is 4.72 Å². The number of likely N-dealkylation sites (tertiary alicyclic amines) is 1. The van der Waals surface area contributed by atoms with Gasteiger partial charge < -0.3 is 15.3 Å². The number of amides is 1. The van der Waals surface area contributed by atoms with Crippen LogP contribution in [-0.2, 0) is 38.9 Å². The number of halogens is 1. The van der Waals surface area contributed by atoms with E-state index in [-0.39, 0.29) is 41.7 Å². The number of hydrogen-bond donors (Lipinski definition) is 3. The van der Waals surface area contributed by atoms with Crippen LogP contribution in [0.3, 0.4) is 0 Å². The third-order valence-electron chi connectivity index (χ3n) is 8.56. The molecule has 3 N–H and O–H groups in total. The molecule has 12 heteroatoms. The number of nitrogens with one attached hydrogen (secondary N) is 2. The number of carbonyl (C=O) groups excluding carboxylic acids is 1. The minimum absolute atomic E-state index is 0.0120. The molecule has 2 aromatic carbocycles. The molecule has 0 saturated carbocycles. The van der Waals surface area contributed by atoms with E-state index in [1.165, 1.54) is 11.3 Å². The van der Waals surface area contributed by atoms with Gasteiger partial charge in [0.1, 0.15) is 10.9 Å². The van der Waals surface area contributed by atoms with E-state index in [1.54, 1.807) is 11.0 Å². The first-order valence-corrected chi connectivity index (χ1v) is 17.6. The van der Waals surface area contributed by atoms with Gasteiger partial charge in [0.25, 0.3) is 0 Å². The molecule has 0 radical (unpaired) electrons. The summed E-state index contributed by atoms with van der Waals surface area (Å²) in [6.45, 7) is 5.32. The van der Waals surface area contributed by atoms with Crippen LogP contribution in [0, 0.1) is 11.3 Å². The molecule has 1 aromatic heterocycles. The van der Waals surface area contributed by atoms with Crippen LogP contribution in [0.1, 0.15) is 62.1 Å². The van der Waals surface area contributed by atoms with E-state index in [2.05, 4.69) is 28.9 Å². The number of carboxylic acid groups (broad SMARTS) is 1. The monoisotopic (exact) mass is 644 g/mol. The molecule has 2 aliphatic rings. The number of piperidine rings is 1. The normalized spacial score (nSPS) is 17.7. The first-order chi connectivity index (χ1) is 20.9. The van der Waals surface area contributed by atoms with Crippen LogP contribution in [-0.4, -0.2) is 67.6 Å². The zero-order valence-electron chi connectivity index (χ0n) is 25.3. The van der Waals surface area contributed by atoms with Crippen LogP contribution in [0.5, 0.6) is 0 Å². The molecule has 0 aliphatic carbocycles. The molecule has 3 aromatic rings. The maximum atomic E-state index is 14.2. The molecule has 1 atom stereocenters. The second-order valence-electron chi connectivity index (χ2n) is 12.8. The molecule has 9 nitrogen and oxygen atoms in total. The van der Waals surface area contributed by atoms with E-state index in [1.807, 2.05) is 30.3 Å². The molecule has 0 bridgehead atoms. The maximum absolute atomic E-state index is 14.2. The number of rotatable bonds is 12. The van der Waals surface area contributed by atoms with E-state index < -0.39 is 22.0 Å². The molecule has 3 heterocycles. The predicted molar refractivity (Wildman–Crippen MR) is 170 cm³/mol. The van der Waals surface area contributed by atoms with Crippen LogP contribution in [0.25, 0.3) is 10.2 Å². The first kappa shape index (κ1) is 32.3. The summed E-state index contributed by atoms with van der Waals surface area (Å²) in [6, 6.07) is 10.1. The van der Waals surface area contributed by atoms with Gasteiger partial charge in [0.2, 0.25) is 15.9 Å². The largest absolute Gasteiger partial charge is 0.481 e. The van der Waals surface area contributed by atoms with Crippen molar-refractivity contribution >= 4 is 49.1 Å². The quantitative estimate of drug-likeness (QED) is 0.248. The lowest BCUT2D eigenvalue weighted by Crippen LogP contribution is -2.51. The summed E-state index contributed by atoms with van der Waals surface area (Å²) in [5, 5.41) is 13.1. The molecular weight excluding hydrogens is 604 g/mol. The summed E-state index contributed by atoms with van der Waals surface area (Å²) in [5.74, 6) is -0.994. The maximum Gasteiger partial charge on any atom is 0.303 e. The van der Waals surface area contributed by atoms with Gasteiger partial charge in [-0.05, 0) is 79.2 Å². The lowest BCUT2D eigenvalue weighted by Gasteiger charge is -2.35. The van der Waals surface area contributed by atoms with Gasteiger partial charge in [-0.15, -0.1) is 11.3 Å². The minimum Gasteiger partial charge on any atom is -0.481 e. The molecule has 0 spiro atoms. The number of aromatic nitrogens is 1. The van der Waals surface area contributed by atoms with Crippen molar-refractivity contribution in [1.82, 2.24) is 14.6 Å². The Bertz CT molecular complexity index is 1580. The van der Waals surface area contributed by atoms with E-state index in [4.69, 9.17) is 5.11 Å². The zero-order chi connectivity index (χ0) is 31.5. The van der Waals surface area contributed by atoms with Crippen LogP contribution < -0.4 is 10.0 Å². The highest BCUT2D eigenvalue weighted by molar-refractivity contribution is 7.89. The summed E-state index contributed by atoms with van der Waals surface area (Å²) in [5.41, 5.74) is 2.83. The SMILES string of the molecule is CC1(C)CNc2c(cc(CCCC(=O)O)cc2S(=O)(=O)N[C@@H](Cc2nc3ccccc3s2)C(=O)N2CCC(CCF)CC2)C1. The van der Waals surface area contributed by atoms with Gasteiger partial charge in [-0.1, -0.05) is 32.0 Å². The molecule has 1 amide bonds. The first-order valence-electron chi connectivity index (χ1n) is 15.3. The number of para-hydroxylation sites is 1. The minimum atomic E-state index is -4.20. The second-order valence-corrected chi connectivity index (χ2v) is 15.6. The van der Waals surface area contributed by atoms with Crippen molar-refractivity contribution in [3.63, 3.8) is 0 Å². The number of hydrogen-bond acceptors (Lipinski definition) is 7. The summed E-state index contributed by atoms with van der Waals surface area (Å²) in [4.78, 5) is 31.5. The van der Waals surface area contributed by atoms with Crippen LogP contribution >= 0.6 is 11.3 Å². The number of thiazole rings is 1. The Balaban J connectivity index is 1.46. The van der Waals surface area contributed by atoms with Crippen molar-refractivity contribution in [2.24, 2.45) is 11.3 Å². The topological polar surface area (TPSA) is 129 Å². The lowest BCUT2D eigenvalue weighted by atomic mass is 9.81. The van der Waals surface area contributed by atoms with Crippen molar-refractivity contribution < 1.29 is 27.5 Å². The Hall–Kier alpha value is -3.09. The van der Waals surface area contributed by atoms with E-state index in [9.17, 15) is 22.4 Å². The third-order valence-corrected chi connectivity index (χ3v) is 11.1. The predicted octanol–water partition coefficient (Wildman–Crippen LogP) is 5.19. The summed E-state index contributed by atoms with van der Waals surface area (Å²) in [7, 11) is -4.20. The van der Waals surface area contributed by atoms with Gasteiger partial charge in [0, 0.05) is 32.5 Å². The summed E-state index contributed by atoms with van der Waals surface area (Å²) in [6.07, 6.45) is 3.39. The molecule has 2 aliphatic heterocycles. The van der Waals surface area contributed by atoms with E-state index in [0.29, 0.717) is 68.9 Å². The number of alkyl halides is 1. The highest BCUT2D eigenvalue weighted by Gasteiger charge is 2.35. The Morgan fingerprint density at radius 2 is 1.98 bits per heavy atom. The van der Waals surface area contributed by atoms with Crippen molar-refractivity contribution in [3.8, 4) is 0 Å². The van der Waals surface area contributed by atoms with Crippen LogP contribution in [0.15, 0.2) is 41.3 Å². The number of sulfonamides is 1. The smallest absolute Gasteiger partial charge is 0.303 e. The zero-order valence-corrected chi connectivity index (χ0v) is 26.9. The Labute approximate surface area is 262 Å². The number of nitrogens with zero attached hydrogens (tertiary/aromatic N) is 2. The molecule has 0 unspecified atom stereocenters. The Morgan fingerprint density at radius 1 is 1.23 bits per heavy atom. The summed E-state index contributed by atoms with van der Waals surface area (Å²) >= 11 is 1.44. The van der Waals surface area contributed by atoms with E-state index in [0.717, 1.165) is 21.3 Å². The van der Waals surface area contributed by atoms with Gasteiger partial charge >= 0.3 is 5.97 Å². The van der Waals surface area contributed by atoms with E-state index >= 15 is 0 Å². The van der Waals surface area contributed by atoms with Gasteiger partial charge in [-0.25, -0.2) is 13.4 Å². The average molecular weight is 645 g/mol. The fourth-order valence-electron chi connectivity index (χ4n) is 6.21. The van der Waals surface area contributed by atoms with Gasteiger partial charge in [0.05, 0.1) is 27.6 Å². The highest BCUT2D eigenvalue weighted by atomic mass is 32.2. The molecule has 5 rings (SSSR count). The molecule has 1 saturated heterocycles. The van der Waals surface area contributed by atoms with Crippen molar-refractivity contribution in [1.29, 1.82) is 0 Å². The molecule has 1 fully saturated rings. The number of benzene rings is 2. The third kappa shape index (κ3) is 7.76. The number of aryl methyl sites for hydroxylation is 1. The number of aliphatic carboxylic acids is 1.